The Labute approximate surface area is 215 Å². The molecule has 0 aliphatic carbocycles. The van der Waals surface area contributed by atoms with Crippen molar-refractivity contribution in [1.82, 2.24) is 0 Å². The predicted octanol–water partition coefficient (Wildman–Crippen LogP) is 2.22. The summed E-state index contributed by atoms with van der Waals surface area (Å²) in [5.41, 5.74) is -0.690. The highest BCUT2D eigenvalue weighted by atomic mass is 32.2. The van der Waals surface area contributed by atoms with E-state index in [0.29, 0.717) is 11.1 Å². The molecular formula is C26H25FN2O7S. The van der Waals surface area contributed by atoms with Crippen molar-refractivity contribution in [1.29, 1.82) is 0 Å². The molecule has 4 rings (SSSR count). The number of aliphatic hydroxyl groups is 4. The number of amides is 2. The number of nitrogens with one attached hydrogen (secondary N) is 2. The van der Waals surface area contributed by atoms with Crippen molar-refractivity contribution in [3.63, 3.8) is 0 Å². The summed E-state index contributed by atoms with van der Waals surface area (Å²) >= 11 is 0.778. The van der Waals surface area contributed by atoms with E-state index in [0.717, 1.165) is 17.8 Å². The SMILES string of the molecule is O=C(Nc1cc(NC(=O)c2ccccc2)c(S[C@@H]2O[C@H](CO)[C@H](O)[C@H](O)[C@H]2O)cc1F)c1ccccc1. The van der Waals surface area contributed by atoms with E-state index in [1.807, 2.05) is 0 Å². The van der Waals surface area contributed by atoms with Gasteiger partial charge >= 0.3 is 0 Å². The lowest BCUT2D eigenvalue weighted by Crippen LogP contribution is -2.57. The zero-order chi connectivity index (χ0) is 26.5. The van der Waals surface area contributed by atoms with Crippen molar-refractivity contribution in [2.45, 2.75) is 34.7 Å². The van der Waals surface area contributed by atoms with Crippen LogP contribution in [-0.4, -0.2) is 68.7 Å². The van der Waals surface area contributed by atoms with E-state index in [4.69, 9.17) is 4.74 Å². The predicted molar refractivity (Wildman–Crippen MR) is 135 cm³/mol. The smallest absolute Gasteiger partial charge is 0.255 e. The third kappa shape index (κ3) is 6.16. The summed E-state index contributed by atoms with van der Waals surface area (Å²) in [7, 11) is 0. The van der Waals surface area contributed by atoms with Gasteiger partial charge < -0.3 is 35.8 Å². The molecule has 1 aliphatic rings. The minimum Gasteiger partial charge on any atom is -0.394 e. The van der Waals surface area contributed by atoms with E-state index in [1.54, 1.807) is 60.7 Å². The molecule has 0 saturated carbocycles. The van der Waals surface area contributed by atoms with Crippen LogP contribution < -0.4 is 10.6 Å². The van der Waals surface area contributed by atoms with Crippen LogP contribution in [0.5, 0.6) is 0 Å². The number of halogens is 1. The number of hydrogen-bond donors (Lipinski definition) is 6. The first-order chi connectivity index (χ1) is 17.8. The van der Waals surface area contributed by atoms with E-state index in [-0.39, 0.29) is 16.3 Å². The van der Waals surface area contributed by atoms with Gasteiger partial charge in [-0.2, -0.15) is 0 Å². The first kappa shape index (κ1) is 26.7. The van der Waals surface area contributed by atoms with Crippen LogP contribution in [0, 0.1) is 5.82 Å². The fraction of sp³-hybridized carbons (Fsp3) is 0.231. The lowest BCUT2D eigenvalue weighted by molar-refractivity contribution is -0.205. The second-order valence-corrected chi connectivity index (χ2v) is 9.42. The Morgan fingerprint density at radius 1 is 0.811 bits per heavy atom. The minimum absolute atomic E-state index is 0.0978. The number of ether oxygens (including phenoxy) is 1. The lowest BCUT2D eigenvalue weighted by atomic mass is 10.0. The second kappa shape index (κ2) is 11.8. The maximum absolute atomic E-state index is 15.1. The highest BCUT2D eigenvalue weighted by Crippen LogP contribution is 2.39. The van der Waals surface area contributed by atoms with Gasteiger partial charge in [-0.05, 0) is 36.4 Å². The Bertz CT molecular complexity index is 1250. The Kier molecular flexibility index (Phi) is 8.54. The number of hydrogen-bond acceptors (Lipinski definition) is 8. The van der Waals surface area contributed by atoms with Gasteiger partial charge in [0.25, 0.3) is 11.8 Å². The first-order valence-corrected chi connectivity index (χ1v) is 12.2. The summed E-state index contributed by atoms with van der Waals surface area (Å²) < 4.78 is 20.6. The number of benzene rings is 3. The van der Waals surface area contributed by atoms with Crippen LogP contribution in [0.3, 0.4) is 0 Å². The Morgan fingerprint density at radius 2 is 1.35 bits per heavy atom. The molecule has 0 spiro atoms. The lowest BCUT2D eigenvalue weighted by Gasteiger charge is -2.39. The number of thioether (sulfide) groups is 1. The standard InChI is InChI=1S/C26H25FN2O7S/c27-16-11-20(37-26-23(33)22(32)21(31)19(13-30)36-26)18(29-25(35)15-9-5-2-6-10-15)12-17(16)28-24(34)14-7-3-1-4-8-14/h1-12,19,21-23,26,30-33H,13H2,(H,28,34)(H,29,35)/t19-,21+,22+,23-,26+/m1/s1. The maximum Gasteiger partial charge on any atom is 0.255 e. The Hall–Kier alpha value is -3.32. The summed E-state index contributed by atoms with van der Waals surface area (Å²) in [5, 5.41) is 45.2. The van der Waals surface area contributed by atoms with E-state index in [1.165, 1.54) is 6.07 Å². The van der Waals surface area contributed by atoms with Crippen molar-refractivity contribution in [2.24, 2.45) is 0 Å². The highest BCUT2D eigenvalue weighted by Gasteiger charge is 2.44. The number of aliphatic hydroxyl groups excluding tert-OH is 4. The summed E-state index contributed by atoms with van der Waals surface area (Å²) in [6.45, 7) is -0.627. The largest absolute Gasteiger partial charge is 0.394 e. The summed E-state index contributed by atoms with van der Waals surface area (Å²) in [6, 6.07) is 18.7. The molecule has 1 saturated heterocycles. The normalized spacial score (nSPS) is 23.3. The summed E-state index contributed by atoms with van der Waals surface area (Å²) in [4.78, 5) is 25.6. The molecule has 0 aromatic heterocycles. The molecule has 9 nitrogen and oxygen atoms in total. The first-order valence-electron chi connectivity index (χ1n) is 11.3. The van der Waals surface area contributed by atoms with E-state index < -0.39 is 54.1 Å². The molecule has 37 heavy (non-hydrogen) atoms. The highest BCUT2D eigenvalue weighted by molar-refractivity contribution is 8.00. The van der Waals surface area contributed by atoms with Crippen molar-refractivity contribution < 1.29 is 39.1 Å². The molecule has 3 aromatic rings. The second-order valence-electron chi connectivity index (χ2n) is 8.28. The molecule has 1 aliphatic heterocycles. The molecule has 0 radical (unpaired) electrons. The van der Waals surface area contributed by atoms with E-state index in [9.17, 15) is 30.0 Å². The van der Waals surface area contributed by atoms with Crippen molar-refractivity contribution in [3.8, 4) is 0 Å². The van der Waals surface area contributed by atoms with Crippen LogP contribution >= 0.6 is 11.8 Å². The van der Waals surface area contributed by atoms with Crippen LogP contribution in [0.25, 0.3) is 0 Å². The molecule has 1 heterocycles. The quantitative estimate of drug-likeness (QED) is 0.274. The van der Waals surface area contributed by atoms with Gasteiger partial charge in [0.1, 0.15) is 35.7 Å². The molecule has 6 N–H and O–H groups in total. The number of carbonyl (C=O) groups excluding carboxylic acids is 2. The van der Waals surface area contributed by atoms with Crippen molar-refractivity contribution in [2.75, 3.05) is 17.2 Å². The molecular weight excluding hydrogens is 503 g/mol. The number of carbonyl (C=O) groups is 2. The summed E-state index contributed by atoms with van der Waals surface area (Å²) in [5.74, 6) is -1.90. The van der Waals surface area contributed by atoms with Gasteiger partial charge in [0, 0.05) is 16.0 Å². The molecule has 0 bridgehead atoms. The monoisotopic (exact) mass is 528 g/mol. The average Bonchev–Trinajstić information content (AvgIpc) is 2.92. The van der Waals surface area contributed by atoms with Gasteiger partial charge in [-0.3, -0.25) is 9.59 Å². The van der Waals surface area contributed by atoms with Crippen LogP contribution in [-0.2, 0) is 4.74 Å². The zero-order valence-corrected chi connectivity index (χ0v) is 20.1. The molecule has 1 fully saturated rings. The zero-order valence-electron chi connectivity index (χ0n) is 19.3. The number of rotatable bonds is 7. The average molecular weight is 529 g/mol. The molecule has 5 atom stereocenters. The Morgan fingerprint density at radius 3 is 1.89 bits per heavy atom. The van der Waals surface area contributed by atoms with Crippen LogP contribution in [0.2, 0.25) is 0 Å². The third-order valence-corrected chi connectivity index (χ3v) is 6.94. The van der Waals surface area contributed by atoms with Crippen LogP contribution in [0.1, 0.15) is 20.7 Å². The van der Waals surface area contributed by atoms with E-state index >= 15 is 4.39 Å². The molecule has 11 heteroatoms. The van der Waals surface area contributed by atoms with Gasteiger partial charge in [-0.25, -0.2) is 4.39 Å². The van der Waals surface area contributed by atoms with Gasteiger partial charge in [0.15, 0.2) is 0 Å². The molecule has 3 aromatic carbocycles. The minimum atomic E-state index is -1.62. The van der Waals surface area contributed by atoms with Crippen molar-refractivity contribution >= 4 is 35.0 Å². The fourth-order valence-corrected chi connectivity index (χ4v) is 4.86. The van der Waals surface area contributed by atoms with Crippen LogP contribution in [0.4, 0.5) is 15.8 Å². The van der Waals surface area contributed by atoms with Gasteiger partial charge in [-0.15, -0.1) is 0 Å². The number of anilines is 2. The van der Waals surface area contributed by atoms with Gasteiger partial charge in [0.2, 0.25) is 0 Å². The van der Waals surface area contributed by atoms with Crippen LogP contribution in [0.15, 0.2) is 77.7 Å². The molecule has 194 valence electrons. The van der Waals surface area contributed by atoms with Crippen molar-refractivity contribution in [3.05, 3.63) is 89.7 Å². The maximum atomic E-state index is 15.1. The summed E-state index contributed by atoms with van der Waals surface area (Å²) in [6.07, 6.45) is -5.92. The van der Waals surface area contributed by atoms with E-state index in [2.05, 4.69) is 10.6 Å². The fourth-order valence-electron chi connectivity index (χ4n) is 3.70. The topological polar surface area (TPSA) is 148 Å². The molecule has 2 amide bonds. The van der Waals surface area contributed by atoms with Gasteiger partial charge in [0.05, 0.1) is 18.0 Å². The Balaban J connectivity index is 1.66. The molecule has 0 unspecified atom stereocenters. The third-order valence-electron chi connectivity index (χ3n) is 5.73. The van der Waals surface area contributed by atoms with Gasteiger partial charge in [-0.1, -0.05) is 48.2 Å².